The number of amides is 3. The first-order valence-electron chi connectivity index (χ1n) is 10.6. The van der Waals surface area contributed by atoms with Crippen LogP contribution in [0.1, 0.15) is 40.2 Å². The topological polar surface area (TPSA) is 68.4 Å². The number of hydrogen-bond acceptors (Lipinski definition) is 2. The van der Waals surface area contributed by atoms with Crippen LogP contribution in [0.2, 0.25) is 0 Å². The molecule has 5 rings (SSSR count). The van der Waals surface area contributed by atoms with E-state index in [4.69, 9.17) is 0 Å². The van der Waals surface area contributed by atoms with E-state index < -0.39 is 0 Å². The van der Waals surface area contributed by atoms with E-state index >= 15 is 0 Å². The number of fused-ring (bicyclic) bond motifs is 1. The van der Waals surface area contributed by atoms with Crippen molar-refractivity contribution in [1.29, 1.82) is 0 Å². The molecule has 154 valence electrons. The Morgan fingerprint density at radius 3 is 2.60 bits per heavy atom. The van der Waals surface area contributed by atoms with Gasteiger partial charge in [-0.2, -0.15) is 0 Å². The molecule has 3 amide bonds. The quantitative estimate of drug-likeness (QED) is 0.695. The molecule has 1 aromatic heterocycles. The number of aryl methyl sites for hydroxylation is 1. The summed E-state index contributed by atoms with van der Waals surface area (Å²) in [5.74, 6) is 0.552. The summed E-state index contributed by atoms with van der Waals surface area (Å²) in [6.45, 7) is 4.80. The van der Waals surface area contributed by atoms with E-state index in [1.165, 1.54) is 16.5 Å². The molecule has 0 atom stereocenters. The number of rotatable bonds is 3. The summed E-state index contributed by atoms with van der Waals surface area (Å²) in [5.41, 5.74) is 5.06. The molecule has 6 heteroatoms. The van der Waals surface area contributed by atoms with Crippen LogP contribution in [0.3, 0.4) is 0 Å². The molecule has 2 aromatic carbocycles. The fraction of sp³-hybridized carbons (Fsp3) is 0.333. The molecule has 30 heavy (non-hydrogen) atoms. The molecular formula is C24H26N4O2. The standard InChI is InChI=1S/C24H26N4O2/c1-16-14-18(6-7-22(16)28-13-10-25-24(28)30)23(29)27-11-8-17(9-12-27)20-15-26-21-5-3-2-4-19(20)21/h2-7,14-15,17,26H,8-13H2,1H3,(H,25,30). The third kappa shape index (κ3) is 3.22. The maximum Gasteiger partial charge on any atom is 0.322 e. The predicted molar refractivity (Wildman–Crippen MR) is 118 cm³/mol. The molecule has 2 fully saturated rings. The van der Waals surface area contributed by atoms with Gasteiger partial charge < -0.3 is 15.2 Å². The lowest BCUT2D eigenvalue weighted by molar-refractivity contribution is 0.0713. The number of nitrogens with one attached hydrogen (secondary N) is 2. The zero-order valence-electron chi connectivity index (χ0n) is 17.1. The number of hydrogen-bond donors (Lipinski definition) is 2. The lowest BCUT2D eigenvalue weighted by atomic mass is 9.89. The molecule has 6 nitrogen and oxygen atoms in total. The molecule has 3 aromatic rings. The van der Waals surface area contributed by atoms with Crippen LogP contribution in [0.25, 0.3) is 10.9 Å². The van der Waals surface area contributed by atoms with E-state index in [2.05, 4.69) is 34.7 Å². The number of carbonyl (C=O) groups excluding carboxylic acids is 2. The number of piperidine rings is 1. The lowest BCUT2D eigenvalue weighted by Crippen LogP contribution is -2.38. The number of aromatic nitrogens is 1. The van der Waals surface area contributed by atoms with Crippen molar-refractivity contribution in [3.8, 4) is 0 Å². The predicted octanol–water partition coefficient (Wildman–Crippen LogP) is 4.03. The van der Waals surface area contributed by atoms with Crippen molar-refractivity contribution in [3.05, 3.63) is 65.4 Å². The van der Waals surface area contributed by atoms with Crippen molar-refractivity contribution >= 4 is 28.5 Å². The van der Waals surface area contributed by atoms with Crippen LogP contribution < -0.4 is 10.2 Å². The number of nitrogens with zero attached hydrogens (tertiary/aromatic N) is 2. The molecule has 0 radical (unpaired) electrons. The average molecular weight is 402 g/mol. The van der Waals surface area contributed by atoms with Crippen LogP contribution in [0, 0.1) is 6.92 Å². The Morgan fingerprint density at radius 1 is 1.07 bits per heavy atom. The Bertz CT molecular complexity index is 1110. The maximum atomic E-state index is 13.1. The van der Waals surface area contributed by atoms with Crippen LogP contribution in [0.4, 0.5) is 10.5 Å². The summed E-state index contributed by atoms with van der Waals surface area (Å²) in [6, 6.07) is 14.0. The number of benzene rings is 2. The summed E-state index contributed by atoms with van der Waals surface area (Å²) < 4.78 is 0. The highest BCUT2D eigenvalue weighted by Crippen LogP contribution is 2.33. The minimum atomic E-state index is -0.0727. The van der Waals surface area contributed by atoms with Crippen molar-refractivity contribution in [2.45, 2.75) is 25.7 Å². The number of anilines is 1. The van der Waals surface area contributed by atoms with Gasteiger partial charge in [-0.05, 0) is 61.1 Å². The van der Waals surface area contributed by atoms with Crippen LogP contribution in [-0.2, 0) is 0 Å². The fourth-order valence-electron chi connectivity index (χ4n) is 4.80. The molecule has 0 unspecified atom stereocenters. The van der Waals surface area contributed by atoms with E-state index in [0.717, 1.165) is 37.2 Å². The summed E-state index contributed by atoms with van der Waals surface area (Å²) in [5, 5.41) is 4.11. The average Bonchev–Trinajstić information content (AvgIpc) is 3.39. The Labute approximate surface area is 175 Å². The van der Waals surface area contributed by atoms with Gasteiger partial charge in [-0.3, -0.25) is 9.69 Å². The minimum absolute atomic E-state index is 0.0727. The maximum absolute atomic E-state index is 13.1. The number of H-pyrrole nitrogens is 1. The lowest BCUT2D eigenvalue weighted by Gasteiger charge is -2.32. The van der Waals surface area contributed by atoms with Gasteiger partial charge >= 0.3 is 6.03 Å². The van der Waals surface area contributed by atoms with E-state index in [1.54, 1.807) is 4.90 Å². The molecule has 2 N–H and O–H groups in total. The highest BCUT2D eigenvalue weighted by atomic mass is 16.2. The van der Waals surface area contributed by atoms with Gasteiger partial charge in [-0.1, -0.05) is 18.2 Å². The van der Waals surface area contributed by atoms with E-state index in [-0.39, 0.29) is 11.9 Å². The van der Waals surface area contributed by atoms with E-state index in [1.807, 2.05) is 36.1 Å². The van der Waals surface area contributed by atoms with Gasteiger partial charge in [0.25, 0.3) is 5.91 Å². The zero-order valence-corrected chi connectivity index (χ0v) is 17.1. The summed E-state index contributed by atoms with van der Waals surface area (Å²) in [7, 11) is 0. The van der Waals surface area contributed by atoms with Gasteiger partial charge in [0.05, 0.1) is 0 Å². The van der Waals surface area contributed by atoms with Crippen molar-refractivity contribution in [2.75, 3.05) is 31.1 Å². The van der Waals surface area contributed by atoms with Crippen LogP contribution in [-0.4, -0.2) is 48.0 Å². The van der Waals surface area contributed by atoms with E-state index in [0.29, 0.717) is 24.6 Å². The monoisotopic (exact) mass is 402 g/mol. The van der Waals surface area contributed by atoms with Gasteiger partial charge in [0.1, 0.15) is 0 Å². The summed E-state index contributed by atoms with van der Waals surface area (Å²) in [4.78, 5) is 32.1. The second-order valence-corrected chi connectivity index (χ2v) is 8.24. The third-order valence-electron chi connectivity index (χ3n) is 6.43. The third-order valence-corrected chi connectivity index (χ3v) is 6.43. The second-order valence-electron chi connectivity index (χ2n) is 8.24. The molecular weight excluding hydrogens is 376 g/mol. The first kappa shape index (κ1) is 18.7. The highest BCUT2D eigenvalue weighted by molar-refractivity contribution is 5.98. The van der Waals surface area contributed by atoms with Gasteiger partial charge in [0.2, 0.25) is 0 Å². The minimum Gasteiger partial charge on any atom is -0.361 e. The van der Waals surface area contributed by atoms with Gasteiger partial charge in [0.15, 0.2) is 0 Å². The van der Waals surface area contributed by atoms with Crippen molar-refractivity contribution in [3.63, 3.8) is 0 Å². The SMILES string of the molecule is Cc1cc(C(=O)N2CCC(c3c[nH]c4ccccc34)CC2)ccc1N1CCNC1=O. The number of aromatic amines is 1. The molecule has 0 bridgehead atoms. The second kappa shape index (κ2) is 7.52. The molecule has 0 saturated carbocycles. The fourth-order valence-corrected chi connectivity index (χ4v) is 4.80. The van der Waals surface area contributed by atoms with E-state index in [9.17, 15) is 9.59 Å². The molecule has 0 aliphatic carbocycles. The smallest absolute Gasteiger partial charge is 0.322 e. The Kier molecular flexibility index (Phi) is 4.69. The number of para-hydroxylation sites is 1. The molecule has 2 aliphatic rings. The van der Waals surface area contributed by atoms with Gasteiger partial charge in [-0.25, -0.2) is 4.79 Å². The highest BCUT2D eigenvalue weighted by Gasteiger charge is 2.27. The largest absolute Gasteiger partial charge is 0.361 e. The van der Waals surface area contributed by atoms with Crippen molar-refractivity contribution < 1.29 is 9.59 Å². The Morgan fingerprint density at radius 2 is 1.87 bits per heavy atom. The number of carbonyl (C=O) groups is 2. The summed E-state index contributed by atoms with van der Waals surface area (Å²) in [6.07, 6.45) is 4.07. The zero-order chi connectivity index (χ0) is 20.7. The molecule has 3 heterocycles. The van der Waals surface area contributed by atoms with Gasteiger partial charge in [-0.15, -0.1) is 0 Å². The molecule has 0 spiro atoms. The number of urea groups is 1. The number of likely N-dealkylation sites (tertiary alicyclic amines) is 1. The Balaban J connectivity index is 1.28. The van der Waals surface area contributed by atoms with Crippen LogP contribution >= 0.6 is 0 Å². The Hall–Kier alpha value is -3.28. The van der Waals surface area contributed by atoms with Crippen molar-refractivity contribution in [1.82, 2.24) is 15.2 Å². The molecule has 2 aliphatic heterocycles. The first-order chi connectivity index (χ1) is 14.6. The normalized spacial score (nSPS) is 17.6. The van der Waals surface area contributed by atoms with Crippen LogP contribution in [0.15, 0.2) is 48.7 Å². The van der Waals surface area contributed by atoms with Crippen LogP contribution in [0.5, 0.6) is 0 Å². The molecule has 2 saturated heterocycles. The van der Waals surface area contributed by atoms with Gasteiger partial charge in [0, 0.05) is 54.5 Å². The summed E-state index contributed by atoms with van der Waals surface area (Å²) >= 11 is 0. The first-order valence-corrected chi connectivity index (χ1v) is 10.6. The van der Waals surface area contributed by atoms with Crippen molar-refractivity contribution in [2.24, 2.45) is 0 Å².